The molecular formula is C24H27NO4. The van der Waals surface area contributed by atoms with Gasteiger partial charge in [-0.2, -0.15) is 0 Å². The molecule has 1 heterocycles. The summed E-state index contributed by atoms with van der Waals surface area (Å²) in [5.41, 5.74) is 2.00. The number of hydrogen-bond acceptors (Lipinski definition) is 4. The van der Waals surface area contributed by atoms with Crippen LogP contribution in [0.5, 0.6) is 0 Å². The Morgan fingerprint density at radius 3 is 2.14 bits per heavy atom. The molecule has 0 aromatic heterocycles. The molecule has 1 aliphatic heterocycles. The summed E-state index contributed by atoms with van der Waals surface area (Å²) in [7, 11) is 0. The molecule has 2 aromatic carbocycles. The SMILES string of the molecule is Cc1ccc(C(=O)c2ccccc2C(=O)OCC(=O)N2C[C@H](C)C[C@@H](C)C2)cc1. The van der Waals surface area contributed by atoms with Crippen molar-refractivity contribution in [1.29, 1.82) is 0 Å². The highest BCUT2D eigenvalue weighted by molar-refractivity contribution is 6.14. The van der Waals surface area contributed by atoms with E-state index in [1.807, 2.05) is 19.1 Å². The molecule has 1 fully saturated rings. The highest BCUT2D eigenvalue weighted by atomic mass is 16.5. The predicted octanol–water partition coefficient (Wildman–Crippen LogP) is 3.89. The van der Waals surface area contributed by atoms with Gasteiger partial charge < -0.3 is 9.64 Å². The molecule has 0 bridgehead atoms. The van der Waals surface area contributed by atoms with Gasteiger partial charge in [-0.1, -0.05) is 61.9 Å². The number of piperidine rings is 1. The van der Waals surface area contributed by atoms with Crippen LogP contribution in [-0.4, -0.2) is 42.3 Å². The van der Waals surface area contributed by atoms with E-state index in [9.17, 15) is 14.4 Å². The maximum Gasteiger partial charge on any atom is 0.339 e. The number of ether oxygens (including phenoxy) is 1. The molecule has 1 amide bonds. The van der Waals surface area contributed by atoms with E-state index in [1.165, 1.54) is 0 Å². The maximum atomic E-state index is 12.9. The third-order valence-electron chi connectivity index (χ3n) is 5.25. The topological polar surface area (TPSA) is 63.7 Å². The molecular weight excluding hydrogens is 366 g/mol. The van der Waals surface area contributed by atoms with Crippen LogP contribution in [0.1, 0.15) is 52.1 Å². The average molecular weight is 393 g/mol. The molecule has 1 aliphatic rings. The molecule has 0 unspecified atom stereocenters. The molecule has 2 aromatic rings. The number of aryl methyl sites for hydroxylation is 1. The molecule has 0 saturated carbocycles. The lowest BCUT2D eigenvalue weighted by Gasteiger charge is -2.34. The minimum Gasteiger partial charge on any atom is -0.452 e. The summed E-state index contributed by atoms with van der Waals surface area (Å²) in [4.78, 5) is 39.7. The molecule has 2 atom stereocenters. The summed E-state index contributed by atoms with van der Waals surface area (Å²) < 4.78 is 5.28. The lowest BCUT2D eigenvalue weighted by molar-refractivity contribution is -0.137. The quantitative estimate of drug-likeness (QED) is 0.571. The number of rotatable bonds is 5. The zero-order valence-electron chi connectivity index (χ0n) is 17.2. The smallest absolute Gasteiger partial charge is 0.339 e. The van der Waals surface area contributed by atoms with E-state index in [2.05, 4.69) is 13.8 Å². The Kier molecular flexibility index (Phi) is 6.47. The van der Waals surface area contributed by atoms with E-state index in [0.29, 0.717) is 30.5 Å². The van der Waals surface area contributed by atoms with Gasteiger partial charge in [-0.25, -0.2) is 4.79 Å². The van der Waals surface area contributed by atoms with Crippen molar-refractivity contribution in [1.82, 2.24) is 4.90 Å². The third kappa shape index (κ3) is 5.11. The van der Waals surface area contributed by atoms with Gasteiger partial charge in [-0.05, 0) is 31.2 Å². The Morgan fingerprint density at radius 2 is 1.52 bits per heavy atom. The van der Waals surface area contributed by atoms with Crippen LogP contribution < -0.4 is 0 Å². The molecule has 29 heavy (non-hydrogen) atoms. The van der Waals surface area contributed by atoms with Crippen LogP contribution in [0, 0.1) is 18.8 Å². The van der Waals surface area contributed by atoms with Gasteiger partial charge in [0.1, 0.15) is 0 Å². The van der Waals surface area contributed by atoms with Gasteiger partial charge in [-0.3, -0.25) is 9.59 Å². The number of benzene rings is 2. The highest BCUT2D eigenvalue weighted by Crippen LogP contribution is 2.21. The van der Waals surface area contributed by atoms with Gasteiger partial charge in [-0.15, -0.1) is 0 Å². The van der Waals surface area contributed by atoms with Crippen molar-refractivity contribution in [2.24, 2.45) is 11.8 Å². The van der Waals surface area contributed by atoms with Crippen molar-refractivity contribution >= 4 is 17.7 Å². The molecule has 0 radical (unpaired) electrons. The maximum absolute atomic E-state index is 12.9. The van der Waals surface area contributed by atoms with E-state index >= 15 is 0 Å². The summed E-state index contributed by atoms with van der Waals surface area (Å²) in [5.74, 6) is -0.230. The van der Waals surface area contributed by atoms with Crippen LogP contribution >= 0.6 is 0 Å². The second kappa shape index (κ2) is 9.03. The summed E-state index contributed by atoms with van der Waals surface area (Å²) in [5, 5.41) is 0. The van der Waals surface area contributed by atoms with Gasteiger partial charge >= 0.3 is 5.97 Å². The highest BCUT2D eigenvalue weighted by Gasteiger charge is 2.26. The molecule has 0 N–H and O–H groups in total. The molecule has 0 spiro atoms. The fourth-order valence-corrected chi connectivity index (χ4v) is 3.88. The van der Waals surface area contributed by atoms with Crippen LogP contribution in [0.2, 0.25) is 0 Å². The van der Waals surface area contributed by atoms with Crippen molar-refractivity contribution in [2.75, 3.05) is 19.7 Å². The molecule has 5 heteroatoms. The average Bonchev–Trinajstić information content (AvgIpc) is 2.71. The van der Waals surface area contributed by atoms with E-state index < -0.39 is 5.97 Å². The second-order valence-corrected chi connectivity index (χ2v) is 8.06. The van der Waals surface area contributed by atoms with Crippen LogP contribution in [0.4, 0.5) is 0 Å². The normalized spacial score (nSPS) is 18.9. The number of ketones is 1. The van der Waals surface area contributed by atoms with Gasteiger partial charge in [0.2, 0.25) is 0 Å². The number of amides is 1. The first-order chi connectivity index (χ1) is 13.8. The van der Waals surface area contributed by atoms with Crippen molar-refractivity contribution < 1.29 is 19.1 Å². The fraction of sp³-hybridized carbons (Fsp3) is 0.375. The van der Waals surface area contributed by atoms with E-state index in [-0.39, 0.29) is 29.4 Å². The summed E-state index contributed by atoms with van der Waals surface area (Å²) in [6.45, 7) is 7.24. The fourth-order valence-electron chi connectivity index (χ4n) is 3.88. The molecule has 0 aliphatic carbocycles. The van der Waals surface area contributed by atoms with E-state index in [1.54, 1.807) is 41.3 Å². The zero-order valence-corrected chi connectivity index (χ0v) is 17.2. The largest absolute Gasteiger partial charge is 0.452 e. The van der Waals surface area contributed by atoms with E-state index in [0.717, 1.165) is 12.0 Å². The molecule has 3 rings (SSSR count). The summed E-state index contributed by atoms with van der Waals surface area (Å²) in [6, 6.07) is 13.7. The summed E-state index contributed by atoms with van der Waals surface area (Å²) >= 11 is 0. The Labute approximate surface area is 171 Å². The number of nitrogens with zero attached hydrogens (tertiary/aromatic N) is 1. The van der Waals surface area contributed by atoms with Gasteiger partial charge in [0.15, 0.2) is 12.4 Å². The number of likely N-dealkylation sites (tertiary alicyclic amines) is 1. The van der Waals surface area contributed by atoms with Crippen LogP contribution in [-0.2, 0) is 9.53 Å². The van der Waals surface area contributed by atoms with Gasteiger partial charge in [0, 0.05) is 24.2 Å². The third-order valence-corrected chi connectivity index (χ3v) is 5.25. The predicted molar refractivity (Wildman–Crippen MR) is 111 cm³/mol. The zero-order chi connectivity index (χ0) is 21.0. The standard InChI is InChI=1S/C24H27NO4/c1-16-8-10-19(11-9-16)23(27)20-6-4-5-7-21(20)24(28)29-15-22(26)25-13-17(2)12-18(3)14-25/h4-11,17-18H,12-15H2,1-3H3/t17-,18-/m1/s1. The second-order valence-electron chi connectivity index (χ2n) is 8.06. The Hall–Kier alpha value is -2.95. The van der Waals surface area contributed by atoms with Crippen molar-refractivity contribution in [3.63, 3.8) is 0 Å². The van der Waals surface area contributed by atoms with Gasteiger partial charge in [0.05, 0.1) is 5.56 Å². The lowest BCUT2D eigenvalue weighted by Crippen LogP contribution is -2.44. The monoisotopic (exact) mass is 393 g/mol. The van der Waals surface area contributed by atoms with Crippen molar-refractivity contribution in [2.45, 2.75) is 27.2 Å². The Balaban J connectivity index is 1.69. The first-order valence-electron chi connectivity index (χ1n) is 10.0. The first-order valence-corrected chi connectivity index (χ1v) is 10.0. The van der Waals surface area contributed by atoms with Gasteiger partial charge in [0.25, 0.3) is 5.91 Å². The molecule has 1 saturated heterocycles. The minimum atomic E-state index is -0.660. The number of carbonyl (C=O) groups excluding carboxylic acids is 3. The minimum absolute atomic E-state index is 0.172. The molecule has 5 nitrogen and oxygen atoms in total. The van der Waals surface area contributed by atoms with Crippen LogP contribution in [0.15, 0.2) is 48.5 Å². The number of hydrogen-bond donors (Lipinski definition) is 0. The summed E-state index contributed by atoms with van der Waals surface area (Å²) in [6.07, 6.45) is 1.10. The van der Waals surface area contributed by atoms with Crippen molar-refractivity contribution in [3.8, 4) is 0 Å². The Morgan fingerprint density at radius 1 is 0.931 bits per heavy atom. The number of carbonyl (C=O) groups is 3. The van der Waals surface area contributed by atoms with Crippen LogP contribution in [0.3, 0.4) is 0 Å². The van der Waals surface area contributed by atoms with Crippen LogP contribution in [0.25, 0.3) is 0 Å². The molecule has 152 valence electrons. The Bertz CT molecular complexity index is 893. The van der Waals surface area contributed by atoms with Crippen molar-refractivity contribution in [3.05, 3.63) is 70.8 Å². The first kappa shape index (κ1) is 20.8. The lowest BCUT2D eigenvalue weighted by atomic mass is 9.92. The number of esters is 1. The van der Waals surface area contributed by atoms with E-state index in [4.69, 9.17) is 4.74 Å².